The van der Waals surface area contributed by atoms with Crippen molar-refractivity contribution in [3.8, 4) is 11.5 Å². The number of aliphatic hydroxyl groups excluding tert-OH is 1. The molecule has 1 fully saturated rings. The Hall–Kier alpha value is -1.26. The second-order valence-electron chi connectivity index (χ2n) is 6.28. The predicted octanol–water partition coefficient (Wildman–Crippen LogP) is 2.37. The zero-order valence-corrected chi connectivity index (χ0v) is 12.3. The molecule has 4 heteroatoms. The number of benzene rings is 1. The van der Waals surface area contributed by atoms with Gasteiger partial charge in [0.2, 0.25) is 0 Å². The molecule has 0 saturated carbocycles. The summed E-state index contributed by atoms with van der Waals surface area (Å²) in [5.74, 6) is 1.52. The van der Waals surface area contributed by atoms with E-state index in [1.54, 1.807) is 0 Å². The van der Waals surface area contributed by atoms with Crippen molar-refractivity contribution in [2.75, 3.05) is 26.3 Å². The first-order valence-corrected chi connectivity index (χ1v) is 7.39. The van der Waals surface area contributed by atoms with Crippen molar-refractivity contribution >= 4 is 0 Å². The maximum Gasteiger partial charge on any atom is 0.161 e. The molecule has 0 amide bonds. The van der Waals surface area contributed by atoms with Gasteiger partial charge in [-0.15, -0.1) is 0 Å². The smallest absolute Gasteiger partial charge is 0.161 e. The van der Waals surface area contributed by atoms with E-state index in [9.17, 15) is 5.11 Å². The first kappa shape index (κ1) is 13.7. The van der Waals surface area contributed by atoms with Gasteiger partial charge in [-0.3, -0.25) is 4.90 Å². The van der Waals surface area contributed by atoms with E-state index < -0.39 is 6.10 Å². The SMILES string of the molecule is CC1(C)CCCN1CC(O)c1ccc2c(c1)OCCO2. The summed E-state index contributed by atoms with van der Waals surface area (Å²) >= 11 is 0. The van der Waals surface area contributed by atoms with Crippen LogP contribution in [0.2, 0.25) is 0 Å². The lowest BCUT2D eigenvalue weighted by Gasteiger charge is -2.33. The van der Waals surface area contributed by atoms with Crippen LogP contribution in [-0.4, -0.2) is 41.8 Å². The second-order valence-corrected chi connectivity index (χ2v) is 6.28. The zero-order valence-electron chi connectivity index (χ0n) is 12.3. The minimum Gasteiger partial charge on any atom is -0.486 e. The molecule has 2 aliphatic rings. The van der Waals surface area contributed by atoms with Gasteiger partial charge in [-0.05, 0) is 50.9 Å². The number of nitrogens with zero attached hydrogens (tertiary/aromatic N) is 1. The van der Waals surface area contributed by atoms with Crippen LogP contribution in [0, 0.1) is 0 Å². The van der Waals surface area contributed by atoms with Crippen LogP contribution >= 0.6 is 0 Å². The molecule has 1 saturated heterocycles. The van der Waals surface area contributed by atoms with Crippen LogP contribution in [0.5, 0.6) is 11.5 Å². The van der Waals surface area contributed by atoms with Crippen LogP contribution < -0.4 is 9.47 Å². The molecule has 1 atom stereocenters. The lowest BCUT2D eigenvalue weighted by Crippen LogP contribution is -2.40. The monoisotopic (exact) mass is 277 g/mol. The van der Waals surface area contributed by atoms with Gasteiger partial charge < -0.3 is 14.6 Å². The molecule has 4 nitrogen and oxygen atoms in total. The Balaban J connectivity index is 1.72. The topological polar surface area (TPSA) is 41.9 Å². The lowest BCUT2D eigenvalue weighted by molar-refractivity contribution is 0.0774. The molecular formula is C16H23NO3. The summed E-state index contributed by atoms with van der Waals surface area (Å²) in [6.45, 7) is 7.40. The van der Waals surface area contributed by atoms with Gasteiger partial charge in [0, 0.05) is 12.1 Å². The average Bonchev–Trinajstić information content (AvgIpc) is 2.77. The van der Waals surface area contributed by atoms with E-state index in [2.05, 4.69) is 18.7 Å². The van der Waals surface area contributed by atoms with Gasteiger partial charge in [-0.1, -0.05) is 6.07 Å². The summed E-state index contributed by atoms with van der Waals surface area (Å²) in [6, 6.07) is 5.73. The van der Waals surface area contributed by atoms with E-state index >= 15 is 0 Å². The van der Waals surface area contributed by atoms with Crippen LogP contribution in [0.4, 0.5) is 0 Å². The Bertz CT molecular complexity index is 487. The van der Waals surface area contributed by atoms with E-state index in [0.29, 0.717) is 19.8 Å². The fraction of sp³-hybridized carbons (Fsp3) is 0.625. The molecule has 3 rings (SSSR count). The number of likely N-dealkylation sites (tertiary alicyclic amines) is 1. The van der Waals surface area contributed by atoms with E-state index in [1.165, 1.54) is 12.8 Å². The number of ether oxygens (including phenoxy) is 2. The molecule has 2 aliphatic heterocycles. The summed E-state index contributed by atoms with van der Waals surface area (Å²) in [5.41, 5.74) is 1.09. The van der Waals surface area contributed by atoms with Crippen molar-refractivity contribution in [1.29, 1.82) is 0 Å². The molecular weight excluding hydrogens is 254 g/mol. The maximum absolute atomic E-state index is 10.5. The fourth-order valence-corrected chi connectivity index (χ4v) is 3.08. The van der Waals surface area contributed by atoms with Gasteiger partial charge in [0.15, 0.2) is 11.5 Å². The highest BCUT2D eigenvalue weighted by atomic mass is 16.6. The van der Waals surface area contributed by atoms with Crippen LogP contribution in [0.25, 0.3) is 0 Å². The highest BCUT2D eigenvalue weighted by Gasteiger charge is 2.33. The number of hydrogen-bond acceptors (Lipinski definition) is 4. The molecule has 1 aromatic rings. The van der Waals surface area contributed by atoms with Crippen molar-refractivity contribution in [3.05, 3.63) is 23.8 Å². The third kappa shape index (κ3) is 2.63. The van der Waals surface area contributed by atoms with Crippen molar-refractivity contribution < 1.29 is 14.6 Å². The standard InChI is InChI=1S/C16H23NO3/c1-16(2)6-3-7-17(16)11-13(18)12-4-5-14-15(10-12)20-9-8-19-14/h4-5,10,13,18H,3,6-9,11H2,1-2H3. The fourth-order valence-electron chi connectivity index (χ4n) is 3.08. The van der Waals surface area contributed by atoms with Crippen molar-refractivity contribution in [2.24, 2.45) is 0 Å². The molecule has 0 bridgehead atoms. The average molecular weight is 277 g/mol. The molecule has 1 N–H and O–H groups in total. The van der Waals surface area contributed by atoms with E-state index in [4.69, 9.17) is 9.47 Å². The van der Waals surface area contributed by atoms with E-state index in [-0.39, 0.29) is 5.54 Å². The number of β-amino-alcohol motifs (C(OH)–C–C–N with tert-alkyl or cyclic N) is 1. The normalized spacial score (nSPS) is 22.8. The molecule has 110 valence electrons. The maximum atomic E-state index is 10.5. The Kier molecular flexibility index (Phi) is 3.61. The summed E-state index contributed by atoms with van der Waals surface area (Å²) in [5, 5.41) is 10.5. The molecule has 0 radical (unpaired) electrons. The van der Waals surface area contributed by atoms with Crippen LogP contribution in [0.3, 0.4) is 0 Å². The largest absolute Gasteiger partial charge is 0.486 e. The van der Waals surface area contributed by atoms with Crippen LogP contribution in [0.15, 0.2) is 18.2 Å². The summed E-state index contributed by atoms with van der Waals surface area (Å²) in [7, 11) is 0. The molecule has 1 aromatic carbocycles. The Morgan fingerprint density at radius 1 is 1.25 bits per heavy atom. The minimum absolute atomic E-state index is 0.189. The van der Waals surface area contributed by atoms with Gasteiger partial charge in [-0.25, -0.2) is 0 Å². The van der Waals surface area contributed by atoms with Crippen LogP contribution in [0.1, 0.15) is 38.4 Å². The van der Waals surface area contributed by atoms with Gasteiger partial charge in [0.05, 0.1) is 6.10 Å². The van der Waals surface area contributed by atoms with Gasteiger partial charge in [-0.2, -0.15) is 0 Å². The number of hydrogen-bond donors (Lipinski definition) is 1. The number of fused-ring (bicyclic) bond motifs is 1. The van der Waals surface area contributed by atoms with Crippen molar-refractivity contribution in [3.63, 3.8) is 0 Å². The van der Waals surface area contributed by atoms with Crippen molar-refractivity contribution in [1.82, 2.24) is 4.90 Å². The molecule has 20 heavy (non-hydrogen) atoms. The first-order valence-electron chi connectivity index (χ1n) is 7.39. The molecule has 1 unspecified atom stereocenters. The molecule has 0 aliphatic carbocycles. The van der Waals surface area contributed by atoms with Crippen molar-refractivity contribution in [2.45, 2.75) is 38.3 Å². The van der Waals surface area contributed by atoms with E-state index in [0.717, 1.165) is 23.6 Å². The summed E-state index contributed by atoms with van der Waals surface area (Å²) < 4.78 is 11.1. The van der Waals surface area contributed by atoms with Crippen LogP contribution in [-0.2, 0) is 0 Å². The highest BCUT2D eigenvalue weighted by Crippen LogP contribution is 2.34. The van der Waals surface area contributed by atoms with Gasteiger partial charge >= 0.3 is 0 Å². The van der Waals surface area contributed by atoms with Gasteiger partial charge in [0.25, 0.3) is 0 Å². The zero-order chi connectivity index (χ0) is 14.2. The Morgan fingerprint density at radius 2 is 2.00 bits per heavy atom. The Morgan fingerprint density at radius 3 is 2.70 bits per heavy atom. The van der Waals surface area contributed by atoms with Gasteiger partial charge in [0.1, 0.15) is 13.2 Å². The highest BCUT2D eigenvalue weighted by molar-refractivity contribution is 5.44. The minimum atomic E-state index is -0.483. The second kappa shape index (κ2) is 5.26. The number of aliphatic hydroxyl groups is 1. The number of rotatable bonds is 3. The molecule has 0 aromatic heterocycles. The summed E-state index contributed by atoms with van der Waals surface area (Å²) in [6.07, 6.45) is 1.92. The lowest BCUT2D eigenvalue weighted by atomic mass is 10.0. The molecule has 0 spiro atoms. The quantitative estimate of drug-likeness (QED) is 0.921. The predicted molar refractivity (Wildman–Crippen MR) is 77.3 cm³/mol. The Labute approximate surface area is 120 Å². The third-order valence-corrected chi connectivity index (χ3v) is 4.42. The third-order valence-electron chi connectivity index (χ3n) is 4.42. The summed E-state index contributed by atoms with van der Waals surface area (Å²) in [4.78, 5) is 2.37. The first-order chi connectivity index (χ1) is 9.56. The molecule has 2 heterocycles. The van der Waals surface area contributed by atoms with E-state index in [1.807, 2.05) is 18.2 Å².